The van der Waals surface area contributed by atoms with E-state index in [4.69, 9.17) is 13.9 Å². The van der Waals surface area contributed by atoms with E-state index in [9.17, 15) is 8.42 Å². The number of para-hydroxylation sites is 1. The second kappa shape index (κ2) is 12.6. The minimum Gasteiger partial charge on any atom is -0.494 e. The zero-order valence-corrected chi connectivity index (χ0v) is 28.7. The van der Waals surface area contributed by atoms with Crippen molar-refractivity contribution in [1.82, 2.24) is 29.7 Å². The summed E-state index contributed by atoms with van der Waals surface area (Å²) in [6.07, 6.45) is 5.63. The van der Waals surface area contributed by atoms with E-state index in [1.807, 2.05) is 19.9 Å². The number of methoxy groups -OCH3 is 2. The lowest BCUT2D eigenvalue weighted by atomic mass is 10.2. The Morgan fingerprint density at radius 2 is 1.61 bits per heavy atom. The van der Waals surface area contributed by atoms with Crippen LogP contribution in [0.5, 0.6) is 11.5 Å². The number of anilines is 1. The molecule has 0 amide bonds. The van der Waals surface area contributed by atoms with Crippen LogP contribution in [0.15, 0.2) is 49.1 Å². The first-order valence-corrected chi connectivity index (χ1v) is 18.6. The second-order valence-electron chi connectivity index (χ2n) is 12.2. The number of hydrogen-bond acceptors (Lipinski definition) is 10. The van der Waals surface area contributed by atoms with Crippen molar-refractivity contribution in [2.75, 3.05) is 18.9 Å². The standard InChI is InChI=1S/C30H41N7O5SSi/c1-19-14-22(17-31-15-19)28-34-35-29(37(28)26-24(40-7)12-11-13-25(26)41-8)36-43(38,39)21(3)27(23-18-32-20(2)16-33-23)42-44(9,10)30(4,5)6/h11-18,21,27H,1-10H3,(H,35,36)/t21-,27?/m0/s1. The predicted octanol–water partition coefficient (Wildman–Crippen LogP) is 5.65. The molecule has 0 aliphatic rings. The molecule has 0 aliphatic carbocycles. The molecule has 0 radical (unpaired) electrons. The second-order valence-corrected chi connectivity index (χ2v) is 19.0. The summed E-state index contributed by atoms with van der Waals surface area (Å²) in [5.41, 5.74) is 3.08. The van der Waals surface area contributed by atoms with Gasteiger partial charge in [-0.1, -0.05) is 26.8 Å². The number of nitrogens with zero attached hydrogens (tertiary/aromatic N) is 6. The number of hydrogen-bond donors (Lipinski definition) is 1. The van der Waals surface area contributed by atoms with Crippen molar-refractivity contribution in [2.45, 2.75) is 71.0 Å². The van der Waals surface area contributed by atoms with Gasteiger partial charge < -0.3 is 13.9 Å². The van der Waals surface area contributed by atoms with Gasteiger partial charge in [0.15, 0.2) is 14.1 Å². The minimum absolute atomic E-state index is 0.0581. The van der Waals surface area contributed by atoms with Crippen LogP contribution in [-0.4, -0.2) is 65.9 Å². The molecule has 0 saturated carbocycles. The monoisotopic (exact) mass is 639 g/mol. The molecule has 3 heterocycles. The van der Waals surface area contributed by atoms with Crippen molar-refractivity contribution in [3.63, 3.8) is 0 Å². The zero-order valence-electron chi connectivity index (χ0n) is 26.9. The first kappa shape index (κ1) is 33.0. The fourth-order valence-electron chi connectivity index (χ4n) is 4.30. The lowest BCUT2D eigenvalue weighted by Gasteiger charge is -2.40. The fraction of sp³-hybridized carbons (Fsp3) is 0.433. The van der Waals surface area contributed by atoms with Gasteiger partial charge in [-0.05, 0) is 62.7 Å². The van der Waals surface area contributed by atoms with Gasteiger partial charge in [-0.15, -0.1) is 10.2 Å². The minimum atomic E-state index is -4.18. The number of aromatic nitrogens is 6. The van der Waals surface area contributed by atoms with Crippen molar-refractivity contribution in [2.24, 2.45) is 0 Å². The number of nitrogens with one attached hydrogen (secondary N) is 1. The molecular formula is C30H41N7O5SSi. The average molecular weight is 640 g/mol. The van der Waals surface area contributed by atoms with Crippen LogP contribution in [0.1, 0.15) is 50.8 Å². The van der Waals surface area contributed by atoms with Crippen molar-refractivity contribution in [3.8, 4) is 28.6 Å². The van der Waals surface area contributed by atoms with E-state index in [0.29, 0.717) is 40.0 Å². The molecule has 1 unspecified atom stereocenters. The number of benzene rings is 1. The Hall–Kier alpha value is -3.88. The van der Waals surface area contributed by atoms with E-state index in [1.54, 1.807) is 54.5 Å². The van der Waals surface area contributed by atoms with Crippen LogP contribution in [0, 0.1) is 13.8 Å². The predicted molar refractivity (Wildman–Crippen MR) is 172 cm³/mol. The summed E-state index contributed by atoms with van der Waals surface area (Å²) in [6, 6.07) is 7.15. The molecule has 1 aromatic carbocycles. The van der Waals surface area contributed by atoms with Gasteiger partial charge in [0.2, 0.25) is 16.0 Å². The van der Waals surface area contributed by atoms with E-state index in [-0.39, 0.29) is 11.0 Å². The van der Waals surface area contributed by atoms with Crippen molar-refractivity contribution >= 4 is 24.3 Å². The maximum absolute atomic E-state index is 14.2. The van der Waals surface area contributed by atoms with Crippen LogP contribution in [0.4, 0.5) is 5.95 Å². The summed E-state index contributed by atoms with van der Waals surface area (Å²) < 4.78 is 50.8. The number of aryl methyl sites for hydroxylation is 2. The van der Waals surface area contributed by atoms with Gasteiger partial charge in [0, 0.05) is 24.2 Å². The van der Waals surface area contributed by atoms with E-state index < -0.39 is 29.7 Å². The zero-order chi connectivity index (χ0) is 32.4. The molecule has 0 saturated heterocycles. The van der Waals surface area contributed by atoms with E-state index in [1.165, 1.54) is 14.2 Å². The van der Waals surface area contributed by atoms with Crippen molar-refractivity contribution in [3.05, 3.63) is 66.0 Å². The molecule has 1 N–H and O–H groups in total. The van der Waals surface area contributed by atoms with Gasteiger partial charge in [0.1, 0.15) is 28.5 Å². The fourth-order valence-corrected chi connectivity index (χ4v) is 6.81. The third-order valence-corrected chi connectivity index (χ3v) is 14.0. The van der Waals surface area contributed by atoms with Crippen molar-refractivity contribution in [1.29, 1.82) is 0 Å². The smallest absolute Gasteiger partial charge is 0.243 e. The molecule has 12 nitrogen and oxygen atoms in total. The Morgan fingerprint density at radius 1 is 0.955 bits per heavy atom. The van der Waals surface area contributed by atoms with Crippen LogP contribution >= 0.6 is 0 Å². The van der Waals surface area contributed by atoms with E-state index in [0.717, 1.165) is 5.56 Å². The topological polar surface area (TPSA) is 143 Å². The molecule has 0 fully saturated rings. The van der Waals surface area contributed by atoms with Crippen LogP contribution in [0.2, 0.25) is 18.1 Å². The highest BCUT2D eigenvalue weighted by Crippen LogP contribution is 2.42. The Balaban J connectivity index is 1.86. The first-order chi connectivity index (χ1) is 20.6. The Morgan fingerprint density at radius 3 is 2.16 bits per heavy atom. The largest absolute Gasteiger partial charge is 0.494 e. The normalized spacial score (nSPS) is 13.8. The van der Waals surface area contributed by atoms with Gasteiger partial charge >= 0.3 is 0 Å². The van der Waals surface area contributed by atoms with E-state index in [2.05, 4.69) is 63.7 Å². The molecule has 4 rings (SSSR count). The van der Waals surface area contributed by atoms with Gasteiger partial charge in [0.05, 0.1) is 31.8 Å². The molecule has 14 heteroatoms. The highest BCUT2D eigenvalue weighted by Gasteiger charge is 2.44. The summed E-state index contributed by atoms with van der Waals surface area (Å²) >= 11 is 0. The average Bonchev–Trinajstić information content (AvgIpc) is 3.37. The molecule has 2 atom stereocenters. The molecule has 0 bridgehead atoms. The molecule has 3 aromatic heterocycles. The summed E-state index contributed by atoms with van der Waals surface area (Å²) in [7, 11) is -3.60. The highest BCUT2D eigenvalue weighted by atomic mass is 32.2. The SMILES string of the molecule is COc1cccc(OC)c1-n1c(NS(=O)(=O)[C@@H](C)C(O[Si](C)(C)C(C)(C)C)c2cnc(C)cn2)nnc1-c1cncc(C)c1. The van der Waals surface area contributed by atoms with Gasteiger partial charge in [0.25, 0.3) is 0 Å². The third-order valence-electron chi connectivity index (χ3n) is 7.89. The lowest BCUT2D eigenvalue weighted by molar-refractivity contribution is 0.176. The van der Waals surface area contributed by atoms with Crippen LogP contribution < -0.4 is 14.2 Å². The van der Waals surface area contributed by atoms with Gasteiger partial charge in [-0.25, -0.2) is 8.42 Å². The lowest BCUT2D eigenvalue weighted by Crippen LogP contribution is -2.45. The molecule has 4 aromatic rings. The Labute approximate surface area is 260 Å². The quantitative estimate of drug-likeness (QED) is 0.205. The number of sulfonamides is 1. The highest BCUT2D eigenvalue weighted by molar-refractivity contribution is 7.93. The maximum Gasteiger partial charge on any atom is 0.243 e. The van der Waals surface area contributed by atoms with Crippen LogP contribution in [0.25, 0.3) is 17.1 Å². The maximum atomic E-state index is 14.2. The van der Waals surface area contributed by atoms with Gasteiger partial charge in [-0.2, -0.15) is 0 Å². The summed E-state index contributed by atoms with van der Waals surface area (Å²) in [6.45, 7) is 15.8. The number of rotatable bonds is 11. The summed E-state index contributed by atoms with van der Waals surface area (Å²) in [4.78, 5) is 13.2. The summed E-state index contributed by atoms with van der Waals surface area (Å²) in [5, 5.41) is 7.41. The van der Waals surface area contributed by atoms with Crippen LogP contribution in [-0.2, 0) is 14.4 Å². The Kier molecular flexibility index (Phi) is 9.47. The van der Waals surface area contributed by atoms with E-state index >= 15 is 0 Å². The molecule has 0 aliphatic heterocycles. The first-order valence-electron chi connectivity index (χ1n) is 14.2. The van der Waals surface area contributed by atoms with Crippen molar-refractivity contribution < 1.29 is 22.3 Å². The summed E-state index contributed by atoms with van der Waals surface area (Å²) in [5.74, 6) is 1.13. The molecule has 236 valence electrons. The van der Waals surface area contributed by atoms with Gasteiger partial charge in [-0.3, -0.25) is 24.2 Å². The number of ether oxygens (including phenoxy) is 2. The molecular weight excluding hydrogens is 599 g/mol. The third kappa shape index (κ3) is 6.76. The number of pyridine rings is 1. The molecule has 0 spiro atoms. The van der Waals surface area contributed by atoms with Crippen LogP contribution in [0.3, 0.4) is 0 Å². The molecule has 44 heavy (non-hydrogen) atoms. The Bertz CT molecular complexity index is 1700.